The third-order valence-corrected chi connectivity index (χ3v) is 5.50. The van der Waals surface area contributed by atoms with Crippen LogP contribution in [0.15, 0.2) is 54.6 Å². The lowest BCUT2D eigenvalue weighted by atomic mass is 10.1. The summed E-state index contributed by atoms with van der Waals surface area (Å²) in [5.41, 5.74) is 3.06. The van der Waals surface area contributed by atoms with Crippen LogP contribution in [0.5, 0.6) is 0 Å². The van der Waals surface area contributed by atoms with Crippen LogP contribution < -0.4 is 5.32 Å². The van der Waals surface area contributed by atoms with E-state index in [0.717, 1.165) is 30.9 Å². The fourth-order valence-corrected chi connectivity index (χ4v) is 3.90. The van der Waals surface area contributed by atoms with E-state index in [1.165, 1.54) is 25.3 Å². The lowest BCUT2D eigenvalue weighted by molar-refractivity contribution is 0.0939. The van der Waals surface area contributed by atoms with Gasteiger partial charge in [-0.3, -0.25) is 4.79 Å². The maximum Gasteiger partial charge on any atom is 0.270 e. The second-order valence-corrected chi connectivity index (χ2v) is 7.80. The van der Waals surface area contributed by atoms with Crippen molar-refractivity contribution in [2.75, 3.05) is 26.2 Å². The summed E-state index contributed by atoms with van der Waals surface area (Å²) in [6.07, 6.45) is 3.73. The molecule has 156 valence electrons. The van der Waals surface area contributed by atoms with Crippen LogP contribution in [0.25, 0.3) is 16.9 Å². The molecule has 2 aromatic carbocycles. The number of halogens is 1. The molecule has 0 aliphatic carbocycles. The molecule has 0 saturated carbocycles. The van der Waals surface area contributed by atoms with E-state index < -0.39 is 0 Å². The Bertz CT molecular complexity index is 1020. The summed E-state index contributed by atoms with van der Waals surface area (Å²) in [4.78, 5) is 15.4. The van der Waals surface area contributed by atoms with Crippen molar-refractivity contribution >= 4 is 5.91 Å². The molecule has 5 nitrogen and oxygen atoms in total. The highest BCUT2D eigenvalue weighted by molar-refractivity contribution is 5.94. The number of likely N-dealkylation sites (tertiary alicyclic amines) is 1. The topological polar surface area (TPSA) is 50.2 Å². The van der Waals surface area contributed by atoms with E-state index in [0.29, 0.717) is 23.5 Å². The second kappa shape index (κ2) is 9.22. The van der Waals surface area contributed by atoms with Gasteiger partial charge < -0.3 is 10.2 Å². The number of piperidine rings is 1. The zero-order valence-corrected chi connectivity index (χ0v) is 17.3. The Labute approximate surface area is 176 Å². The molecule has 30 heavy (non-hydrogen) atoms. The van der Waals surface area contributed by atoms with Crippen LogP contribution in [0.2, 0.25) is 0 Å². The molecule has 6 heteroatoms. The summed E-state index contributed by atoms with van der Waals surface area (Å²) in [6, 6.07) is 15.9. The van der Waals surface area contributed by atoms with Crippen molar-refractivity contribution in [3.63, 3.8) is 0 Å². The van der Waals surface area contributed by atoms with E-state index in [1.54, 1.807) is 28.9 Å². The number of aromatic nitrogens is 2. The number of hydrogen-bond acceptors (Lipinski definition) is 3. The number of rotatable bonds is 6. The molecule has 1 N–H and O–H groups in total. The van der Waals surface area contributed by atoms with Crippen molar-refractivity contribution in [3.05, 3.63) is 71.7 Å². The van der Waals surface area contributed by atoms with Crippen molar-refractivity contribution in [1.82, 2.24) is 20.0 Å². The third-order valence-electron chi connectivity index (χ3n) is 5.50. The first-order valence-electron chi connectivity index (χ1n) is 10.5. The molecule has 0 radical (unpaired) electrons. The normalized spacial score (nSPS) is 14.6. The monoisotopic (exact) mass is 406 g/mol. The van der Waals surface area contributed by atoms with Crippen molar-refractivity contribution in [2.45, 2.75) is 26.2 Å². The number of amides is 1. The van der Waals surface area contributed by atoms with Gasteiger partial charge in [0.1, 0.15) is 11.5 Å². The van der Waals surface area contributed by atoms with E-state index in [2.05, 4.69) is 15.3 Å². The van der Waals surface area contributed by atoms with Crippen molar-refractivity contribution in [3.8, 4) is 16.9 Å². The van der Waals surface area contributed by atoms with E-state index in [9.17, 15) is 9.18 Å². The molecule has 1 saturated heterocycles. The predicted molar refractivity (Wildman–Crippen MR) is 116 cm³/mol. The molecule has 0 spiro atoms. The average molecular weight is 407 g/mol. The van der Waals surface area contributed by atoms with Crippen LogP contribution in [-0.2, 0) is 0 Å². The zero-order valence-electron chi connectivity index (χ0n) is 17.3. The van der Waals surface area contributed by atoms with Gasteiger partial charge in [-0.25, -0.2) is 9.07 Å². The maximum absolute atomic E-state index is 14.3. The standard InChI is InChI=1S/C24H27FN4O/c1-18-8-7-9-19(16-18)29-23(17-22(27-29)20-10-3-4-11-21(20)25)24(30)26-12-15-28-13-5-2-6-14-28/h3-4,7-11,16-17H,2,5-6,12-15H2,1H3,(H,26,30). The molecule has 0 unspecified atom stereocenters. The van der Waals surface area contributed by atoms with Gasteiger partial charge in [0.25, 0.3) is 5.91 Å². The summed E-state index contributed by atoms with van der Waals surface area (Å²) in [5.74, 6) is -0.563. The summed E-state index contributed by atoms with van der Waals surface area (Å²) < 4.78 is 15.9. The van der Waals surface area contributed by atoms with Gasteiger partial charge in [-0.2, -0.15) is 5.10 Å². The fourth-order valence-electron chi connectivity index (χ4n) is 3.90. The number of carbonyl (C=O) groups excluding carboxylic acids is 1. The van der Waals surface area contributed by atoms with Gasteiger partial charge in [-0.15, -0.1) is 0 Å². The Morgan fingerprint density at radius 2 is 1.87 bits per heavy atom. The SMILES string of the molecule is Cc1cccc(-n2nc(-c3ccccc3F)cc2C(=O)NCCN2CCCCC2)c1. The minimum atomic E-state index is -0.358. The van der Waals surface area contributed by atoms with Gasteiger partial charge in [0.15, 0.2) is 0 Å². The Balaban J connectivity index is 1.60. The van der Waals surface area contributed by atoms with Gasteiger partial charge in [0.2, 0.25) is 0 Å². The van der Waals surface area contributed by atoms with Crippen molar-refractivity contribution < 1.29 is 9.18 Å². The first-order valence-corrected chi connectivity index (χ1v) is 10.5. The molecule has 1 aliphatic rings. The van der Waals surface area contributed by atoms with Crippen LogP contribution in [0, 0.1) is 12.7 Å². The zero-order chi connectivity index (χ0) is 20.9. The van der Waals surface area contributed by atoms with Gasteiger partial charge in [0, 0.05) is 18.7 Å². The van der Waals surface area contributed by atoms with E-state index in [4.69, 9.17) is 0 Å². The molecule has 3 aromatic rings. The molecule has 1 amide bonds. The molecule has 1 aromatic heterocycles. The van der Waals surface area contributed by atoms with Crippen LogP contribution >= 0.6 is 0 Å². The third kappa shape index (κ3) is 4.60. The molecule has 1 fully saturated rings. The Morgan fingerprint density at radius 1 is 1.07 bits per heavy atom. The van der Waals surface area contributed by atoms with Crippen LogP contribution in [0.4, 0.5) is 4.39 Å². The first-order chi connectivity index (χ1) is 14.6. The highest BCUT2D eigenvalue weighted by Gasteiger charge is 2.19. The number of nitrogens with one attached hydrogen (secondary N) is 1. The van der Waals surface area contributed by atoms with Gasteiger partial charge in [-0.05, 0) is 68.8 Å². The van der Waals surface area contributed by atoms with Crippen LogP contribution in [-0.4, -0.2) is 46.8 Å². The number of benzene rings is 2. The molecular formula is C24H27FN4O. The predicted octanol–water partition coefficient (Wildman–Crippen LogP) is 4.20. The van der Waals surface area contributed by atoms with Crippen LogP contribution in [0.3, 0.4) is 0 Å². The van der Waals surface area contributed by atoms with Gasteiger partial charge in [0.05, 0.1) is 11.4 Å². The molecular weight excluding hydrogens is 379 g/mol. The largest absolute Gasteiger partial charge is 0.349 e. The highest BCUT2D eigenvalue weighted by atomic mass is 19.1. The Morgan fingerprint density at radius 3 is 2.63 bits per heavy atom. The number of aryl methyl sites for hydroxylation is 1. The average Bonchev–Trinajstić information content (AvgIpc) is 3.20. The lowest BCUT2D eigenvalue weighted by Gasteiger charge is -2.26. The quantitative estimate of drug-likeness (QED) is 0.667. The van der Waals surface area contributed by atoms with E-state index in [-0.39, 0.29) is 11.7 Å². The minimum Gasteiger partial charge on any atom is -0.349 e. The fraction of sp³-hybridized carbons (Fsp3) is 0.333. The molecule has 2 heterocycles. The lowest BCUT2D eigenvalue weighted by Crippen LogP contribution is -2.38. The first kappa shape index (κ1) is 20.3. The number of carbonyl (C=O) groups is 1. The Kier molecular flexibility index (Phi) is 6.23. The smallest absolute Gasteiger partial charge is 0.270 e. The van der Waals surface area contributed by atoms with Gasteiger partial charge in [-0.1, -0.05) is 30.7 Å². The Hall–Kier alpha value is -2.99. The second-order valence-electron chi connectivity index (χ2n) is 7.80. The minimum absolute atomic E-state index is 0.205. The van der Waals surface area contributed by atoms with Gasteiger partial charge >= 0.3 is 0 Å². The van der Waals surface area contributed by atoms with E-state index >= 15 is 0 Å². The molecule has 0 atom stereocenters. The molecule has 0 bridgehead atoms. The van der Waals surface area contributed by atoms with Crippen molar-refractivity contribution in [1.29, 1.82) is 0 Å². The summed E-state index contributed by atoms with van der Waals surface area (Å²) in [7, 11) is 0. The highest BCUT2D eigenvalue weighted by Crippen LogP contribution is 2.24. The summed E-state index contributed by atoms with van der Waals surface area (Å²) in [5, 5.41) is 7.59. The van der Waals surface area contributed by atoms with E-state index in [1.807, 2.05) is 31.2 Å². The number of hydrogen-bond donors (Lipinski definition) is 1. The maximum atomic E-state index is 14.3. The number of nitrogens with zero attached hydrogens (tertiary/aromatic N) is 3. The molecule has 1 aliphatic heterocycles. The van der Waals surface area contributed by atoms with Crippen molar-refractivity contribution in [2.24, 2.45) is 0 Å². The summed E-state index contributed by atoms with van der Waals surface area (Å²) in [6.45, 7) is 5.59. The summed E-state index contributed by atoms with van der Waals surface area (Å²) >= 11 is 0. The molecule has 4 rings (SSSR count). The van der Waals surface area contributed by atoms with Crippen LogP contribution in [0.1, 0.15) is 35.3 Å².